The van der Waals surface area contributed by atoms with Crippen molar-refractivity contribution in [1.29, 1.82) is 0 Å². The number of morpholine rings is 1. The fourth-order valence-electron chi connectivity index (χ4n) is 1.10. The molecule has 0 saturated carbocycles. The fraction of sp³-hybridized carbons (Fsp3) is 1.00. The number of hydrogen-bond donors (Lipinski definition) is 1. The molecule has 66 valence electrons. The van der Waals surface area contributed by atoms with Crippen LogP contribution in [0.5, 0.6) is 0 Å². The molecule has 0 radical (unpaired) electrons. The third kappa shape index (κ3) is 2.07. The van der Waals surface area contributed by atoms with E-state index in [2.05, 4.69) is 10.1 Å². The molecule has 0 aromatic heterocycles. The third-order valence-electron chi connectivity index (χ3n) is 1.64. The van der Waals surface area contributed by atoms with Gasteiger partial charge >= 0.3 is 6.18 Å². The Balaban J connectivity index is 2.55. The number of rotatable bonds is 0. The summed E-state index contributed by atoms with van der Waals surface area (Å²) in [5.41, 5.74) is 0. The minimum absolute atomic E-state index is 0.133. The zero-order valence-corrected chi connectivity index (χ0v) is 6.11. The lowest BCUT2D eigenvalue weighted by Gasteiger charge is -2.31. The highest BCUT2D eigenvalue weighted by Crippen LogP contribution is 2.26. The van der Waals surface area contributed by atoms with Gasteiger partial charge in [-0.15, -0.1) is 0 Å². The number of alkyl halides is 3. The summed E-state index contributed by atoms with van der Waals surface area (Å²) >= 11 is 0. The Morgan fingerprint density at radius 3 is 2.45 bits per heavy atom. The molecule has 5 heteroatoms. The lowest BCUT2D eigenvalue weighted by atomic mass is 10.1. The predicted molar refractivity (Wildman–Crippen MR) is 33.3 cm³/mol. The van der Waals surface area contributed by atoms with Gasteiger partial charge in [-0.1, -0.05) is 0 Å². The second-order valence-corrected chi connectivity index (χ2v) is 2.58. The van der Waals surface area contributed by atoms with Crippen LogP contribution in [0.4, 0.5) is 13.2 Å². The first-order valence-corrected chi connectivity index (χ1v) is 3.43. The molecular formula is C6H10F3NO. The average molecular weight is 169 g/mol. The lowest BCUT2D eigenvalue weighted by molar-refractivity contribution is -0.235. The van der Waals surface area contributed by atoms with Crippen molar-refractivity contribution in [1.82, 2.24) is 5.32 Å². The van der Waals surface area contributed by atoms with Crippen molar-refractivity contribution in [3.63, 3.8) is 0 Å². The Bertz CT molecular complexity index is 136. The molecule has 11 heavy (non-hydrogen) atoms. The van der Waals surface area contributed by atoms with E-state index in [1.165, 1.54) is 6.92 Å². The van der Waals surface area contributed by atoms with E-state index < -0.39 is 18.3 Å². The second-order valence-electron chi connectivity index (χ2n) is 2.58. The first kappa shape index (κ1) is 8.80. The van der Waals surface area contributed by atoms with Gasteiger partial charge in [-0.3, -0.25) is 0 Å². The minimum atomic E-state index is -4.24. The standard InChI is InChI=1S/C6H10F3NO/c1-4-5(6(7,8)9)11-3-2-10-4/h4-5,10H,2-3H2,1H3. The maximum atomic E-state index is 12.0. The molecule has 0 aliphatic carbocycles. The van der Waals surface area contributed by atoms with Gasteiger partial charge in [0.15, 0.2) is 6.10 Å². The Kier molecular flexibility index (Phi) is 2.39. The lowest BCUT2D eigenvalue weighted by Crippen LogP contribution is -2.53. The molecular weight excluding hydrogens is 159 g/mol. The van der Waals surface area contributed by atoms with Crippen LogP contribution in [-0.4, -0.2) is 31.5 Å². The molecule has 0 amide bonds. The molecule has 1 aliphatic rings. The summed E-state index contributed by atoms with van der Waals surface area (Å²) in [6.07, 6.45) is -5.89. The SMILES string of the molecule is CC1NCCOC1C(F)(F)F. The van der Waals surface area contributed by atoms with Crippen molar-refractivity contribution in [3.8, 4) is 0 Å². The first-order valence-electron chi connectivity index (χ1n) is 3.43. The highest BCUT2D eigenvalue weighted by molar-refractivity contribution is 4.82. The zero-order valence-electron chi connectivity index (χ0n) is 6.11. The molecule has 1 saturated heterocycles. The normalized spacial score (nSPS) is 33.8. The molecule has 0 spiro atoms. The Morgan fingerprint density at radius 1 is 1.45 bits per heavy atom. The molecule has 2 atom stereocenters. The Hall–Kier alpha value is -0.290. The smallest absolute Gasteiger partial charge is 0.366 e. The number of ether oxygens (including phenoxy) is 1. The monoisotopic (exact) mass is 169 g/mol. The average Bonchev–Trinajstić information content (AvgIpc) is 1.86. The van der Waals surface area contributed by atoms with E-state index in [4.69, 9.17) is 0 Å². The Morgan fingerprint density at radius 2 is 2.09 bits per heavy atom. The minimum Gasteiger partial charge on any atom is -0.366 e. The number of hydrogen-bond acceptors (Lipinski definition) is 2. The number of halogens is 3. The van der Waals surface area contributed by atoms with Gasteiger partial charge in [0, 0.05) is 12.6 Å². The Labute approximate surface area is 62.7 Å². The van der Waals surface area contributed by atoms with Crippen molar-refractivity contribution in [2.75, 3.05) is 13.2 Å². The van der Waals surface area contributed by atoms with Crippen LogP contribution in [0.2, 0.25) is 0 Å². The summed E-state index contributed by atoms with van der Waals surface area (Å²) in [4.78, 5) is 0. The molecule has 1 N–H and O–H groups in total. The molecule has 1 fully saturated rings. The van der Waals surface area contributed by atoms with Gasteiger partial charge < -0.3 is 10.1 Å². The van der Waals surface area contributed by atoms with E-state index in [0.717, 1.165) is 0 Å². The molecule has 1 heterocycles. The van der Waals surface area contributed by atoms with Crippen molar-refractivity contribution < 1.29 is 17.9 Å². The van der Waals surface area contributed by atoms with Gasteiger partial charge in [-0.25, -0.2) is 0 Å². The highest BCUT2D eigenvalue weighted by atomic mass is 19.4. The van der Waals surface area contributed by atoms with Gasteiger partial charge in [-0.05, 0) is 6.92 Å². The molecule has 0 aromatic rings. The van der Waals surface area contributed by atoms with E-state index in [1.54, 1.807) is 0 Å². The van der Waals surface area contributed by atoms with Crippen LogP contribution < -0.4 is 5.32 Å². The summed E-state index contributed by atoms with van der Waals surface area (Å²) in [7, 11) is 0. The molecule has 1 rings (SSSR count). The van der Waals surface area contributed by atoms with Gasteiger partial charge in [0.2, 0.25) is 0 Å². The van der Waals surface area contributed by atoms with Gasteiger partial charge in [-0.2, -0.15) is 13.2 Å². The van der Waals surface area contributed by atoms with Crippen LogP contribution in [0.3, 0.4) is 0 Å². The molecule has 2 unspecified atom stereocenters. The summed E-state index contributed by atoms with van der Waals surface area (Å²) < 4.78 is 40.6. The van der Waals surface area contributed by atoms with Crippen LogP contribution in [0.15, 0.2) is 0 Å². The quantitative estimate of drug-likeness (QED) is 0.582. The first-order chi connectivity index (χ1) is 5.02. The third-order valence-corrected chi connectivity index (χ3v) is 1.64. The topological polar surface area (TPSA) is 21.3 Å². The fourth-order valence-corrected chi connectivity index (χ4v) is 1.10. The molecule has 0 aromatic carbocycles. The van der Waals surface area contributed by atoms with Gasteiger partial charge in [0.25, 0.3) is 0 Å². The maximum absolute atomic E-state index is 12.0. The van der Waals surface area contributed by atoms with Crippen molar-refractivity contribution in [2.24, 2.45) is 0 Å². The molecule has 1 aliphatic heterocycles. The second kappa shape index (κ2) is 2.98. The van der Waals surface area contributed by atoms with Gasteiger partial charge in [0.05, 0.1) is 6.61 Å². The van der Waals surface area contributed by atoms with E-state index in [9.17, 15) is 13.2 Å². The van der Waals surface area contributed by atoms with Gasteiger partial charge in [0.1, 0.15) is 0 Å². The molecule has 0 bridgehead atoms. The largest absolute Gasteiger partial charge is 0.416 e. The predicted octanol–water partition coefficient (Wildman–Crippen LogP) is 0.926. The van der Waals surface area contributed by atoms with Crippen LogP contribution >= 0.6 is 0 Å². The number of nitrogens with one attached hydrogen (secondary N) is 1. The summed E-state index contributed by atoms with van der Waals surface area (Å²) in [5, 5.41) is 2.69. The van der Waals surface area contributed by atoms with Crippen LogP contribution in [0.25, 0.3) is 0 Å². The van der Waals surface area contributed by atoms with E-state index in [0.29, 0.717) is 6.54 Å². The summed E-state index contributed by atoms with van der Waals surface area (Å²) in [6, 6.07) is -0.635. The molecule has 2 nitrogen and oxygen atoms in total. The van der Waals surface area contributed by atoms with Crippen LogP contribution in [0, 0.1) is 0 Å². The van der Waals surface area contributed by atoms with Crippen LogP contribution in [-0.2, 0) is 4.74 Å². The van der Waals surface area contributed by atoms with E-state index in [-0.39, 0.29) is 6.61 Å². The summed E-state index contributed by atoms with van der Waals surface area (Å²) in [5.74, 6) is 0. The van der Waals surface area contributed by atoms with Crippen LogP contribution in [0.1, 0.15) is 6.92 Å². The van der Waals surface area contributed by atoms with Crippen molar-refractivity contribution in [2.45, 2.75) is 25.2 Å². The summed E-state index contributed by atoms with van der Waals surface area (Å²) in [6.45, 7) is 2.10. The zero-order chi connectivity index (χ0) is 8.48. The van der Waals surface area contributed by atoms with Crippen molar-refractivity contribution >= 4 is 0 Å². The van der Waals surface area contributed by atoms with E-state index in [1.807, 2.05) is 0 Å². The highest BCUT2D eigenvalue weighted by Gasteiger charge is 2.45. The van der Waals surface area contributed by atoms with Crippen molar-refractivity contribution in [3.05, 3.63) is 0 Å². The maximum Gasteiger partial charge on any atom is 0.416 e. The van der Waals surface area contributed by atoms with E-state index >= 15 is 0 Å².